The van der Waals surface area contributed by atoms with Crippen LogP contribution in [-0.4, -0.2) is 41.0 Å². The molecule has 5 nitrogen and oxygen atoms in total. The van der Waals surface area contributed by atoms with Gasteiger partial charge in [0.15, 0.2) is 0 Å². The number of nitrogens with one attached hydrogen (secondary N) is 1. The van der Waals surface area contributed by atoms with Crippen molar-refractivity contribution >= 4 is 27.2 Å². The van der Waals surface area contributed by atoms with E-state index in [1.807, 2.05) is 12.1 Å². The van der Waals surface area contributed by atoms with Crippen LogP contribution in [0.2, 0.25) is 0 Å². The number of nitrogens with zero attached hydrogens (tertiary/aromatic N) is 3. The summed E-state index contributed by atoms with van der Waals surface area (Å²) < 4.78 is 13.2. The number of thiophene rings is 1. The quantitative estimate of drug-likeness (QED) is 0.684. The Morgan fingerprint density at radius 3 is 2.67 bits per heavy atom. The van der Waals surface area contributed by atoms with E-state index >= 15 is 0 Å². The van der Waals surface area contributed by atoms with E-state index in [9.17, 15) is 9.18 Å². The molecule has 158 valence electrons. The van der Waals surface area contributed by atoms with Gasteiger partial charge in [0, 0.05) is 36.7 Å². The van der Waals surface area contributed by atoms with Crippen LogP contribution in [-0.2, 0) is 12.8 Å². The SMILES string of the molecule is C[C@@H]1CCc2c(sc3nc([C@H](C)N4CCN(c5ccc(F)cc5)CC4)[nH]c(=O)c23)C1. The molecule has 0 amide bonds. The van der Waals surface area contributed by atoms with Gasteiger partial charge in [-0.05, 0) is 61.9 Å². The second-order valence-corrected chi connectivity index (χ2v) is 9.74. The first-order valence-electron chi connectivity index (χ1n) is 10.8. The molecule has 2 aliphatic rings. The van der Waals surface area contributed by atoms with Gasteiger partial charge in [0.25, 0.3) is 5.56 Å². The van der Waals surface area contributed by atoms with Crippen LogP contribution in [0.5, 0.6) is 0 Å². The van der Waals surface area contributed by atoms with Gasteiger partial charge in [-0.3, -0.25) is 9.69 Å². The van der Waals surface area contributed by atoms with E-state index in [4.69, 9.17) is 4.98 Å². The summed E-state index contributed by atoms with van der Waals surface area (Å²) in [5.74, 6) is 1.23. The van der Waals surface area contributed by atoms with Gasteiger partial charge < -0.3 is 9.88 Å². The van der Waals surface area contributed by atoms with Gasteiger partial charge >= 0.3 is 0 Å². The van der Waals surface area contributed by atoms with Gasteiger partial charge in [0.1, 0.15) is 16.5 Å². The van der Waals surface area contributed by atoms with Gasteiger partial charge in [-0.2, -0.15) is 0 Å². The molecule has 2 atom stereocenters. The number of hydrogen-bond donors (Lipinski definition) is 1. The number of piperazine rings is 1. The molecule has 3 aromatic rings. The average Bonchev–Trinajstić information content (AvgIpc) is 3.11. The summed E-state index contributed by atoms with van der Waals surface area (Å²) in [6, 6.07) is 6.74. The molecule has 1 aliphatic heterocycles. The summed E-state index contributed by atoms with van der Waals surface area (Å²) in [4.78, 5) is 27.8. The average molecular weight is 427 g/mol. The molecular weight excluding hydrogens is 399 g/mol. The predicted molar refractivity (Wildman–Crippen MR) is 120 cm³/mol. The fraction of sp³-hybridized carbons (Fsp3) is 0.478. The van der Waals surface area contributed by atoms with Gasteiger partial charge in [-0.25, -0.2) is 9.37 Å². The van der Waals surface area contributed by atoms with Crippen LogP contribution in [0, 0.1) is 11.7 Å². The highest BCUT2D eigenvalue weighted by Crippen LogP contribution is 2.36. The van der Waals surface area contributed by atoms with E-state index in [-0.39, 0.29) is 17.4 Å². The summed E-state index contributed by atoms with van der Waals surface area (Å²) in [7, 11) is 0. The number of aromatic nitrogens is 2. The smallest absolute Gasteiger partial charge is 0.259 e. The largest absolute Gasteiger partial charge is 0.369 e. The summed E-state index contributed by atoms with van der Waals surface area (Å²) in [5.41, 5.74) is 2.29. The molecule has 0 unspecified atom stereocenters. The molecule has 7 heteroatoms. The maximum Gasteiger partial charge on any atom is 0.259 e. The molecule has 0 bridgehead atoms. The molecular formula is C23H27FN4OS. The topological polar surface area (TPSA) is 52.2 Å². The first-order chi connectivity index (χ1) is 14.5. The Morgan fingerprint density at radius 1 is 1.20 bits per heavy atom. The summed E-state index contributed by atoms with van der Waals surface area (Å²) >= 11 is 1.71. The lowest BCUT2D eigenvalue weighted by molar-refractivity contribution is 0.192. The van der Waals surface area contributed by atoms with Crippen LogP contribution >= 0.6 is 11.3 Å². The maximum atomic E-state index is 13.2. The van der Waals surface area contributed by atoms with E-state index in [1.165, 1.54) is 22.6 Å². The number of hydrogen-bond acceptors (Lipinski definition) is 5. The van der Waals surface area contributed by atoms with Crippen molar-refractivity contribution in [1.29, 1.82) is 0 Å². The standard InChI is InChI=1S/C23H27FN4OS/c1-14-3-8-18-19(13-14)30-23-20(18)22(29)25-21(26-23)15(2)27-9-11-28(12-10-27)17-6-4-16(24)5-7-17/h4-7,14-15H,3,8-13H2,1-2H3,(H,25,26,29)/t14-,15+/m1/s1. The Bertz CT molecular complexity index is 1110. The van der Waals surface area contributed by atoms with Crippen molar-refractivity contribution in [2.24, 2.45) is 5.92 Å². The Labute approximate surface area is 179 Å². The van der Waals surface area contributed by atoms with E-state index in [2.05, 4.69) is 28.6 Å². The zero-order valence-corrected chi connectivity index (χ0v) is 18.3. The summed E-state index contributed by atoms with van der Waals surface area (Å²) in [5, 5.41) is 0.818. The second-order valence-electron chi connectivity index (χ2n) is 8.66. The minimum atomic E-state index is -0.207. The fourth-order valence-corrected chi connectivity index (χ4v) is 6.15. The van der Waals surface area contributed by atoms with E-state index in [0.717, 1.165) is 67.2 Å². The van der Waals surface area contributed by atoms with Crippen molar-refractivity contribution in [2.75, 3.05) is 31.1 Å². The number of anilines is 1. The molecule has 1 aromatic carbocycles. The lowest BCUT2D eigenvalue weighted by Crippen LogP contribution is -2.47. The lowest BCUT2D eigenvalue weighted by Gasteiger charge is -2.38. The number of halogens is 1. The number of aryl methyl sites for hydroxylation is 1. The van der Waals surface area contributed by atoms with Crippen LogP contribution in [0.3, 0.4) is 0 Å². The fourth-order valence-electron chi connectivity index (χ4n) is 4.76. The Hall–Kier alpha value is -2.25. The highest BCUT2D eigenvalue weighted by Gasteiger charge is 2.27. The number of aromatic amines is 1. The monoisotopic (exact) mass is 426 g/mol. The van der Waals surface area contributed by atoms with Gasteiger partial charge in [0.2, 0.25) is 0 Å². The first kappa shape index (κ1) is 19.7. The molecule has 0 spiro atoms. The van der Waals surface area contributed by atoms with Crippen LogP contribution in [0.4, 0.5) is 10.1 Å². The lowest BCUT2D eigenvalue weighted by atomic mass is 9.89. The molecule has 0 radical (unpaired) electrons. The Balaban J connectivity index is 1.34. The molecule has 1 fully saturated rings. The van der Waals surface area contributed by atoms with Gasteiger partial charge in [0.05, 0.1) is 11.4 Å². The van der Waals surface area contributed by atoms with Crippen molar-refractivity contribution in [1.82, 2.24) is 14.9 Å². The molecule has 1 saturated heterocycles. The number of benzene rings is 1. The number of H-pyrrole nitrogens is 1. The molecule has 3 heterocycles. The normalized spacial score (nSPS) is 21.0. The molecule has 5 rings (SSSR count). The Kier molecular flexibility index (Phi) is 5.11. The summed E-state index contributed by atoms with van der Waals surface area (Å²) in [6.07, 6.45) is 3.20. The van der Waals surface area contributed by atoms with Crippen molar-refractivity contribution in [3.8, 4) is 0 Å². The van der Waals surface area contributed by atoms with Gasteiger partial charge in [-0.15, -0.1) is 11.3 Å². The zero-order valence-electron chi connectivity index (χ0n) is 17.4. The Morgan fingerprint density at radius 2 is 1.93 bits per heavy atom. The van der Waals surface area contributed by atoms with Crippen molar-refractivity contribution in [2.45, 2.75) is 39.2 Å². The first-order valence-corrected chi connectivity index (χ1v) is 11.6. The predicted octanol–water partition coefficient (Wildman–Crippen LogP) is 4.13. The molecule has 0 saturated carbocycles. The van der Waals surface area contributed by atoms with E-state index in [1.54, 1.807) is 11.3 Å². The molecule has 30 heavy (non-hydrogen) atoms. The minimum Gasteiger partial charge on any atom is -0.369 e. The third-order valence-corrected chi connectivity index (χ3v) is 7.78. The highest BCUT2D eigenvalue weighted by molar-refractivity contribution is 7.18. The van der Waals surface area contributed by atoms with Crippen LogP contribution in [0.1, 0.15) is 42.6 Å². The zero-order chi connectivity index (χ0) is 20.8. The molecule has 1 aliphatic carbocycles. The highest BCUT2D eigenvalue weighted by atomic mass is 32.1. The number of rotatable bonds is 3. The van der Waals surface area contributed by atoms with Crippen LogP contribution in [0.15, 0.2) is 29.1 Å². The van der Waals surface area contributed by atoms with Crippen LogP contribution < -0.4 is 10.5 Å². The molecule has 2 aromatic heterocycles. The minimum absolute atomic E-state index is 0.0128. The van der Waals surface area contributed by atoms with Crippen LogP contribution in [0.25, 0.3) is 10.2 Å². The van der Waals surface area contributed by atoms with Crippen molar-refractivity contribution in [3.05, 3.63) is 56.7 Å². The number of fused-ring (bicyclic) bond motifs is 3. The maximum absolute atomic E-state index is 13.2. The molecule has 1 N–H and O–H groups in total. The summed E-state index contributed by atoms with van der Waals surface area (Å²) in [6.45, 7) is 7.89. The third kappa shape index (κ3) is 3.54. The second kappa shape index (κ2) is 7.78. The van der Waals surface area contributed by atoms with Crippen molar-refractivity contribution in [3.63, 3.8) is 0 Å². The van der Waals surface area contributed by atoms with E-state index in [0.29, 0.717) is 5.92 Å². The van der Waals surface area contributed by atoms with Crippen molar-refractivity contribution < 1.29 is 4.39 Å². The third-order valence-electron chi connectivity index (χ3n) is 6.63. The van der Waals surface area contributed by atoms with Gasteiger partial charge in [-0.1, -0.05) is 6.92 Å². The van der Waals surface area contributed by atoms with E-state index < -0.39 is 0 Å².